The monoisotopic (exact) mass is 380 g/mol. The van der Waals surface area contributed by atoms with Gasteiger partial charge in [-0.05, 0) is 42.5 Å². The van der Waals surface area contributed by atoms with Gasteiger partial charge in [-0.15, -0.1) is 0 Å². The van der Waals surface area contributed by atoms with E-state index >= 15 is 0 Å². The van der Waals surface area contributed by atoms with Gasteiger partial charge in [0.05, 0.1) is 19.3 Å². The lowest BCUT2D eigenvalue weighted by Gasteiger charge is -2.08. The molecule has 1 heterocycles. The number of carbonyl (C=O) groups excluding carboxylic acids is 2. The predicted octanol–water partition coefficient (Wildman–Crippen LogP) is 3.37. The van der Waals surface area contributed by atoms with Gasteiger partial charge in [-0.25, -0.2) is 0 Å². The first-order valence-electron chi connectivity index (χ1n) is 8.68. The topological polar surface area (TPSA) is 104 Å². The molecule has 0 saturated carbocycles. The number of para-hydroxylation sites is 1. The second-order valence-corrected chi connectivity index (χ2v) is 5.92. The number of ether oxygens (including phenoxy) is 2. The van der Waals surface area contributed by atoms with Crippen molar-refractivity contribution in [1.29, 1.82) is 0 Å². The van der Waals surface area contributed by atoms with E-state index in [2.05, 4.69) is 5.32 Å². The average molecular weight is 380 g/mol. The zero-order valence-corrected chi connectivity index (χ0v) is 15.1. The molecule has 2 aromatic carbocycles. The van der Waals surface area contributed by atoms with Crippen LogP contribution in [0.15, 0.2) is 71.3 Å². The predicted molar refractivity (Wildman–Crippen MR) is 103 cm³/mol. The number of rotatable bonds is 9. The van der Waals surface area contributed by atoms with Gasteiger partial charge in [0, 0.05) is 11.3 Å². The van der Waals surface area contributed by atoms with Gasteiger partial charge < -0.3 is 24.9 Å². The van der Waals surface area contributed by atoms with Crippen LogP contribution in [0.1, 0.15) is 22.5 Å². The third-order valence-electron chi connectivity index (χ3n) is 3.82. The van der Waals surface area contributed by atoms with Crippen LogP contribution in [0.25, 0.3) is 0 Å². The van der Waals surface area contributed by atoms with Crippen molar-refractivity contribution in [2.75, 3.05) is 11.9 Å². The molecule has 1 aromatic heterocycles. The van der Waals surface area contributed by atoms with Gasteiger partial charge in [-0.1, -0.05) is 18.2 Å². The number of primary amides is 1. The number of nitrogens with two attached hydrogens (primary N) is 1. The molecular weight excluding hydrogens is 360 g/mol. The summed E-state index contributed by atoms with van der Waals surface area (Å²) in [5.41, 5.74) is 6.29. The Hall–Kier alpha value is -3.74. The van der Waals surface area contributed by atoms with E-state index in [0.717, 1.165) is 0 Å². The van der Waals surface area contributed by atoms with Crippen LogP contribution >= 0.6 is 0 Å². The van der Waals surface area contributed by atoms with Gasteiger partial charge in [0.25, 0.3) is 5.91 Å². The largest absolute Gasteiger partial charge is 0.493 e. The summed E-state index contributed by atoms with van der Waals surface area (Å²) in [4.78, 5) is 23.2. The van der Waals surface area contributed by atoms with Gasteiger partial charge in [0.2, 0.25) is 5.91 Å². The van der Waals surface area contributed by atoms with Gasteiger partial charge >= 0.3 is 0 Å². The molecule has 0 aliphatic carbocycles. The van der Waals surface area contributed by atoms with E-state index in [1.165, 1.54) is 6.26 Å². The molecular formula is C21H20N2O5. The van der Waals surface area contributed by atoms with E-state index in [4.69, 9.17) is 19.6 Å². The zero-order chi connectivity index (χ0) is 19.8. The summed E-state index contributed by atoms with van der Waals surface area (Å²) in [6, 6.07) is 17.8. The Morgan fingerprint density at radius 2 is 1.64 bits per heavy atom. The van der Waals surface area contributed by atoms with E-state index < -0.39 is 5.91 Å². The standard InChI is InChI=1S/C21H20N2O5/c22-19(24)11-13-26-18-8-6-16(7-9-18)23-21(25)20-15(10-12-27-20)14-28-17-4-2-1-3-5-17/h1-10,12H,11,13-14H2,(H2,22,24)(H,23,25). The van der Waals surface area contributed by atoms with E-state index in [1.54, 1.807) is 30.3 Å². The van der Waals surface area contributed by atoms with Crippen LogP contribution in [-0.2, 0) is 11.4 Å². The molecule has 28 heavy (non-hydrogen) atoms. The Kier molecular flexibility index (Phi) is 6.30. The van der Waals surface area contributed by atoms with E-state index in [-0.39, 0.29) is 31.3 Å². The maximum absolute atomic E-state index is 12.5. The number of furan rings is 1. The van der Waals surface area contributed by atoms with Crippen molar-refractivity contribution in [3.05, 3.63) is 78.3 Å². The minimum Gasteiger partial charge on any atom is -0.493 e. The molecule has 7 heteroatoms. The lowest BCUT2D eigenvalue weighted by atomic mass is 10.2. The van der Waals surface area contributed by atoms with Gasteiger partial charge in [-0.3, -0.25) is 9.59 Å². The van der Waals surface area contributed by atoms with Crippen molar-refractivity contribution in [3.8, 4) is 11.5 Å². The molecule has 0 bridgehead atoms. The maximum Gasteiger partial charge on any atom is 0.291 e. The fraction of sp³-hybridized carbons (Fsp3) is 0.143. The Bertz CT molecular complexity index is 919. The third-order valence-corrected chi connectivity index (χ3v) is 3.82. The molecule has 0 spiro atoms. The van der Waals surface area contributed by atoms with E-state index in [0.29, 0.717) is 22.7 Å². The molecule has 0 radical (unpaired) electrons. The zero-order valence-electron chi connectivity index (χ0n) is 15.1. The molecule has 0 atom stereocenters. The van der Waals surface area contributed by atoms with Crippen molar-refractivity contribution >= 4 is 17.5 Å². The minimum absolute atomic E-state index is 0.144. The summed E-state index contributed by atoms with van der Waals surface area (Å²) < 4.78 is 16.4. The van der Waals surface area contributed by atoms with Crippen molar-refractivity contribution in [3.63, 3.8) is 0 Å². The second kappa shape index (κ2) is 9.27. The summed E-state index contributed by atoms with van der Waals surface area (Å²) in [6.07, 6.45) is 1.60. The van der Waals surface area contributed by atoms with Crippen LogP contribution in [0.5, 0.6) is 11.5 Å². The summed E-state index contributed by atoms with van der Waals surface area (Å²) in [7, 11) is 0. The number of carbonyl (C=O) groups is 2. The summed E-state index contributed by atoms with van der Waals surface area (Å²) in [5, 5.41) is 2.77. The Morgan fingerprint density at radius 1 is 0.929 bits per heavy atom. The van der Waals surface area contributed by atoms with Crippen LogP contribution in [0.2, 0.25) is 0 Å². The van der Waals surface area contributed by atoms with Crippen LogP contribution in [0, 0.1) is 0 Å². The first kappa shape index (κ1) is 19.0. The van der Waals surface area contributed by atoms with Crippen LogP contribution in [-0.4, -0.2) is 18.4 Å². The molecule has 144 valence electrons. The van der Waals surface area contributed by atoms with Crippen molar-refractivity contribution in [2.45, 2.75) is 13.0 Å². The Balaban J connectivity index is 1.56. The van der Waals surface area contributed by atoms with Crippen molar-refractivity contribution in [2.24, 2.45) is 5.73 Å². The lowest BCUT2D eigenvalue weighted by molar-refractivity contribution is -0.118. The molecule has 3 aromatic rings. The van der Waals surface area contributed by atoms with Crippen LogP contribution in [0.4, 0.5) is 5.69 Å². The van der Waals surface area contributed by atoms with Crippen LogP contribution in [0.3, 0.4) is 0 Å². The summed E-state index contributed by atoms with van der Waals surface area (Å²) in [5.74, 6) is 0.683. The van der Waals surface area contributed by atoms with E-state index in [1.807, 2.05) is 30.3 Å². The highest BCUT2D eigenvalue weighted by atomic mass is 16.5. The number of nitrogens with one attached hydrogen (secondary N) is 1. The minimum atomic E-state index is -0.422. The fourth-order valence-electron chi connectivity index (χ4n) is 2.42. The third kappa shape index (κ3) is 5.38. The average Bonchev–Trinajstić information content (AvgIpc) is 3.17. The molecule has 0 aliphatic heterocycles. The molecule has 0 saturated heterocycles. The first-order chi connectivity index (χ1) is 13.6. The number of hydrogen-bond acceptors (Lipinski definition) is 5. The van der Waals surface area contributed by atoms with Crippen molar-refractivity contribution in [1.82, 2.24) is 0 Å². The number of amides is 2. The molecule has 0 fully saturated rings. The van der Waals surface area contributed by atoms with Gasteiger partial charge in [-0.2, -0.15) is 0 Å². The highest BCUT2D eigenvalue weighted by molar-refractivity contribution is 6.03. The number of anilines is 1. The van der Waals surface area contributed by atoms with Crippen LogP contribution < -0.4 is 20.5 Å². The fourth-order valence-corrected chi connectivity index (χ4v) is 2.42. The first-order valence-corrected chi connectivity index (χ1v) is 8.68. The SMILES string of the molecule is NC(=O)CCOc1ccc(NC(=O)c2occc2COc2ccccc2)cc1. The smallest absolute Gasteiger partial charge is 0.291 e. The highest BCUT2D eigenvalue weighted by Gasteiger charge is 2.16. The second-order valence-electron chi connectivity index (χ2n) is 5.92. The highest BCUT2D eigenvalue weighted by Crippen LogP contribution is 2.19. The molecule has 0 aliphatic rings. The maximum atomic E-state index is 12.5. The Labute approximate surface area is 162 Å². The van der Waals surface area contributed by atoms with Gasteiger partial charge in [0.1, 0.15) is 18.1 Å². The molecule has 3 N–H and O–H groups in total. The number of hydrogen-bond donors (Lipinski definition) is 2. The lowest BCUT2D eigenvalue weighted by Crippen LogP contribution is -2.15. The Morgan fingerprint density at radius 3 is 2.36 bits per heavy atom. The molecule has 3 rings (SSSR count). The molecule has 0 unspecified atom stereocenters. The summed E-state index contributed by atoms with van der Waals surface area (Å²) >= 11 is 0. The molecule has 2 amide bonds. The quantitative estimate of drug-likeness (QED) is 0.592. The normalized spacial score (nSPS) is 10.3. The summed E-state index contributed by atoms with van der Waals surface area (Å²) in [6.45, 7) is 0.425. The van der Waals surface area contributed by atoms with Crippen molar-refractivity contribution < 1.29 is 23.5 Å². The number of benzene rings is 2. The molecule has 7 nitrogen and oxygen atoms in total. The van der Waals surface area contributed by atoms with Gasteiger partial charge in [0.15, 0.2) is 5.76 Å². The van der Waals surface area contributed by atoms with E-state index in [9.17, 15) is 9.59 Å².